The van der Waals surface area contributed by atoms with Crippen LogP contribution in [0.1, 0.15) is 30.9 Å². The van der Waals surface area contributed by atoms with Crippen LogP contribution in [0, 0.1) is 11.3 Å². The number of carbonyl (C=O) groups is 2. The molecule has 1 fully saturated rings. The molecule has 2 N–H and O–H groups in total. The van der Waals surface area contributed by atoms with E-state index in [0.717, 1.165) is 4.90 Å². The van der Waals surface area contributed by atoms with Crippen LogP contribution < -0.4 is 10.1 Å². The van der Waals surface area contributed by atoms with Crippen LogP contribution in [-0.4, -0.2) is 46.7 Å². The lowest BCUT2D eigenvalue weighted by Crippen LogP contribution is -2.54. The number of ether oxygens (including phenoxy) is 1. The molecule has 0 saturated carbocycles. The van der Waals surface area contributed by atoms with Gasteiger partial charge < -0.3 is 15.2 Å². The lowest BCUT2D eigenvalue weighted by molar-refractivity contribution is -0.129. The summed E-state index contributed by atoms with van der Waals surface area (Å²) < 4.78 is 5.81. The number of urea groups is 1. The van der Waals surface area contributed by atoms with E-state index in [9.17, 15) is 14.7 Å². The number of rotatable bonds is 1. The van der Waals surface area contributed by atoms with E-state index in [1.807, 2.05) is 6.07 Å². The average Bonchev–Trinajstić information content (AvgIpc) is 2.75. The third kappa shape index (κ3) is 2.23. The van der Waals surface area contributed by atoms with Gasteiger partial charge in [0, 0.05) is 18.5 Å². The van der Waals surface area contributed by atoms with E-state index in [1.54, 1.807) is 32.0 Å². The first kappa shape index (κ1) is 15.3. The second kappa shape index (κ2) is 4.96. The second-order valence-corrected chi connectivity index (χ2v) is 6.36. The molecule has 3 rings (SSSR count). The number of hydrogen-bond donors (Lipinski definition) is 2. The molecule has 0 aliphatic carbocycles. The Labute approximate surface area is 133 Å². The summed E-state index contributed by atoms with van der Waals surface area (Å²) in [5.41, 5.74) is 0.0112. The summed E-state index contributed by atoms with van der Waals surface area (Å²) in [7, 11) is 1.39. The zero-order valence-corrected chi connectivity index (χ0v) is 13.0. The fourth-order valence-corrected chi connectivity index (χ4v) is 3.12. The first-order valence-electron chi connectivity index (χ1n) is 7.25. The molecule has 1 aromatic carbocycles. The second-order valence-electron chi connectivity index (χ2n) is 6.36. The number of likely N-dealkylation sites (N-methyl/N-ethyl adjacent to an activating group) is 1. The molecule has 2 aliphatic rings. The molecule has 1 saturated heterocycles. The summed E-state index contributed by atoms with van der Waals surface area (Å²) in [6, 6.07) is 5.50. The summed E-state index contributed by atoms with van der Waals surface area (Å²) in [6.45, 7) is 3.44. The normalized spacial score (nSPS) is 28.7. The largest absolute Gasteiger partial charge is 0.485 e. The zero-order valence-electron chi connectivity index (χ0n) is 13.0. The minimum Gasteiger partial charge on any atom is -0.485 e. The molecule has 0 aromatic heterocycles. The van der Waals surface area contributed by atoms with Crippen molar-refractivity contribution < 1.29 is 19.4 Å². The number of aliphatic hydroxyl groups is 1. The van der Waals surface area contributed by atoms with E-state index >= 15 is 0 Å². The van der Waals surface area contributed by atoms with Crippen LogP contribution in [-0.2, 0) is 4.79 Å². The number of amides is 3. The topological polar surface area (TPSA) is 103 Å². The van der Waals surface area contributed by atoms with Crippen molar-refractivity contribution in [1.82, 2.24) is 10.2 Å². The Kier molecular flexibility index (Phi) is 3.30. The van der Waals surface area contributed by atoms with Crippen molar-refractivity contribution in [1.29, 1.82) is 5.26 Å². The molecule has 2 aliphatic heterocycles. The molecule has 1 aromatic rings. The Morgan fingerprint density at radius 3 is 2.65 bits per heavy atom. The highest BCUT2D eigenvalue weighted by atomic mass is 16.5. The molecule has 0 radical (unpaired) electrons. The predicted octanol–water partition coefficient (Wildman–Crippen LogP) is 0.724. The SMILES string of the molecule is CN1C(=O)NC([C@H]2c3cc(C#N)ccc3OC(C)(C)[C@@H]2O)C1=O. The van der Waals surface area contributed by atoms with Crippen LogP contribution in [0.15, 0.2) is 18.2 Å². The van der Waals surface area contributed by atoms with Gasteiger partial charge in [0.2, 0.25) is 0 Å². The molecule has 1 unspecified atom stereocenters. The summed E-state index contributed by atoms with van der Waals surface area (Å²) in [5.74, 6) is -0.602. The van der Waals surface area contributed by atoms with E-state index in [-0.39, 0.29) is 0 Å². The van der Waals surface area contributed by atoms with Gasteiger partial charge in [-0.15, -0.1) is 0 Å². The number of nitrogens with zero attached hydrogens (tertiary/aromatic N) is 2. The van der Waals surface area contributed by atoms with Gasteiger partial charge in [-0.3, -0.25) is 9.69 Å². The van der Waals surface area contributed by atoms with Gasteiger partial charge in [-0.1, -0.05) is 0 Å². The fraction of sp³-hybridized carbons (Fsp3) is 0.438. The minimum atomic E-state index is -1.02. The number of hydrogen-bond acceptors (Lipinski definition) is 5. The van der Waals surface area contributed by atoms with Gasteiger partial charge in [0.25, 0.3) is 5.91 Å². The third-order valence-corrected chi connectivity index (χ3v) is 4.46. The van der Waals surface area contributed by atoms with Crippen LogP contribution in [0.3, 0.4) is 0 Å². The highest BCUT2D eigenvalue weighted by molar-refractivity contribution is 6.04. The predicted molar refractivity (Wildman–Crippen MR) is 79.7 cm³/mol. The van der Waals surface area contributed by atoms with Gasteiger partial charge in [0.1, 0.15) is 23.5 Å². The average molecular weight is 315 g/mol. The smallest absolute Gasteiger partial charge is 0.324 e. The van der Waals surface area contributed by atoms with Gasteiger partial charge in [-0.2, -0.15) is 5.26 Å². The Balaban J connectivity index is 2.13. The van der Waals surface area contributed by atoms with Crippen LogP contribution in [0.4, 0.5) is 4.79 Å². The highest BCUT2D eigenvalue weighted by Gasteiger charge is 2.51. The number of benzene rings is 1. The Morgan fingerprint density at radius 2 is 2.09 bits per heavy atom. The van der Waals surface area contributed by atoms with Crippen molar-refractivity contribution in [3.05, 3.63) is 29.3 Å². The maximum atomic E-state index is 12.4. The Hall–Kier alpha value is -2.59. The summed E-state index contributed by atoms with van der Waals surface area (Å²) in [4.78, 5) is 25.1. The van der Waals surface area contributed by atoms with Crippen molar-refractivity contribution >= 4 is 11.9 Å². The molecule has 3 atom stereocenters. The van der Waals surface area contributed by atoms with Crippen molar-refractivity contribution in [2.45, 2.75) is 37.5 Å². The standard InChI is InChI=1S/C16H17N3O4/c1-16(2)13(20)11(12-14(21)19(3)15(22)18-12)9-6-8(7-17)4-5-10(9)23-16/h4-6,11-13,20H,1-3H3,(H,18,22)/t11-,12?,13-/m1/s1. The van der Waals surface area contributed by atoms with E-state index < -0.39 is 35.6 Å². The van der Waals surface area contributed by atoms with Crippen molar-refractivity contribution in [2.75, 3.05) is 7.05 Å². The van der Waals surface area contributed by atoms with E-state index in [4.69, 9.17) is 10.00 Å². The maximum absolute atomic E-state index is 12.4. The van der Waals surface area contributed by atoms with Crippen molar-refractivity contribution in [2.24, 2.45) is 0 Å². The van der Waals surface area contributed by atoms with Gasteiger partial charge in [-0.05, 0) is 32.0 Å². The molecule has 23 heavy (non-hydrogen) atoms. The summed E-state index contributed by atoms with van der Waals surface area (Å²) in [5, 5.41) is 22.4. The number of nitrogens with one attached hydrogen (secondary N) is 1. The number of nitriles is 1. The van der Waals surface area contributed by atoms with E-state index in [2.05, 4.69) is 5.32 Å². The first-order chi connectivity index (χ1) is 10.8. The number of imide groups is 1. The molecule has 2 heterocycles. The summed E-state index contributed by atoms with van der Waals surface area (Å²) in [6.07, 6.45) is -1.02. The van der Waals surface area contributed by atoms with Crippen LogP contribution in [0.25, 0.3) is 0 Å². The highest BCUT2D eigenvalue weighted by Crippen LogP contribution is 2.44. The molecule has 3 amide bonds. The molecule has 0 bridgehead atoms. The third-order valence-electron chi connectivity index (χ3n) is 4.46. The van der Waals surface area contributed by atoms with Crippen molar-refractivity contribution in [3.8, 4) is 11.8 Å². The zero-order chi connectivity index (χ0) is 16.9. The molecule has 120 valence electrons. The number of fused-ring (bicyclic) bond motifs is 1. The monoisotopic (exact) mass is 315 g/mol. The minimum absolute atomic E-state index is 0.398. The van der Waals surface area contributed by atoms with Crippen molar-refractivity contribution in [3.63, 3.8) is 0 Å². The maximum Gasteiger partial charge on any atom is 0.324 e. The molecular formula is C16H17N3O4. The lowest BCUT2D eigenvalue weighted by Gasteiger charge is -2.43. The van der Waals surface area contributed by atoms with Gasteiger partial charge >= 0.3 is 6.03 Å². The van der Waals surface area contributed by atoms with Gasteiger partial charge in [0.05, 0.1) is 11.6 Å². The van der Waals surface area contributed by atoms with E-state index in [1.165, 1.54) is 7.05 Å². The first-order valence-corrected chi connectivity index (χ1v) is 7.25. The van der Waals surface area contributed by atoms with Crippen LogP contribution >= 0.6 is 0 Å². The molecule has 7 nitrogen and oxygen atoms in total. The Bertz CT molecular complexity index is 737. The molecular weight excluding hydrogens is 298 g/mol. The number of aliphatic hydroxyl groups excluding tert-OH is 1. The lowest BCUT2D eigenvalue weighted by atomic mass is 9.77. The van der Waals surface area contributed by atoms with Gasteiger partial charge in [-0.25, -0.2) is 4.79 Å². The van der Waals surface area contributed by atoms with Gasteiger partial charge in [0.15, 0.2) is 0 Å². The molecule has 7 heteroatoms. The molecule has 0 spiro atoms. The summed E-state index contributed by atoms with van der Waals surface area (Å²) >= 11 is 0. The van der Waals surface area contributed by atoms with Crippen LogP contribution in [0.2, 0.25) is 0 Å². The number of carbonyl (C=O) groups excluding carboxylic acids is 2. The Morgan fingerprint density at radius 1 is 1.39 bits per heavy atom. The van der Waals surface area contributed by atoms with E-state index in [0.29, 0.717) is 16.9 Å². The van der Waals surface area contributed by atoms with Crippen LogP contribution in [0.5, 0.6) is 5.75 Å². The quantitative estimate of drug-likeness (QED) is 0.744. The fourth-order valence-electron chi connectivity index (χ4n) is 3.12.